The second kappa shape index (κ2) is 10.2. The SMILES string of the molecule is CCOc1ccccc1C(=O)NC(=S)NNC(=O)COc1ccc2ccccc2c1. The molecule has 7 nitrogen and oxygen atoms in total. The molecule has 3 rings (SSSR count). The molecule has 0 saturated heterocycles. The molecule has 154 valence electrons. The summed E-state index contributed by atoms with van der Waals surface area (Å²) < 4.78 is 10.9. The molecule has 0 heterocycles. The predicted octanol–water partition coefficient (Wildman–Crippen LogP) is 2.95. The van der Waals surface area contributed by atoms with Crippen molar-refractivity contribution >= 4 is 39.9 Å². The summed E-state index contributed by atoms with van der Waals surface area (Å²) in [4.78, 5) is 24.3. The van der Waals surface area contributed by atoms with Crippen LogP contribution < -0.4 is 25.6 Å². The number of thiocarbonyl (C=S) groups is 1. The second-order valence-electron chi connectivity index (χ2n) is 6.18. The third kappa shape index (κ3) is 5.68. The quantitative estimate of drug-likeness (QED) is 0.417. The van der Waals surface area contributed by atoms with Crippen LogP contribution in [0.5, 0.6) is 11.5 Å². The zero-order chi connectivity index (χ0) is 21.3. The van der Waals surface area contributed by atoms with E-state index in [1.807, 2.05) is 43.3 Å². The van der Waals surface area contributed by atoms with Crippen LogP contribution in [0.2, 0.25) is 0 Å². The fourth-order valence-electron chi connectivity index (χ4n) is 2.71. The molecule has 0 atom stereocenters. The van der Waals surface area contributed by atoms with Crippen LogP contribution in [0.15, 0.2) is 66.7 Å². The molecule has 0 unspecified atom stereocenters. The Labute approximate surface area is 179 Å². The number of hydrazine groups is 1. The fraction of sp³-hybridized carbons (Fsp3) is 0.136. The van der Waals surface area contributed by atoms with Crippen LogP contribution in [0.4, 0.5) is 0 Å². The van der Waals surface area contributed by atoms with Crippen LogP contribution in [0.3, 0.4) is 0 Å². The fourth-order valence-corrected chi connectivity index (χ4v) is 2.85. The van der Waals surface area contributed by atoms with Gasteiger partial charge in [-0.3, -0.25) is 25.8 Å². The maximum Gasteiger partial charge on any atom is 0.276 e. The first-order valence-corrected chi connectivity index (χ1v) is 9.71. The third-order valence-electron chi connectivity index (χ3n) is 4.06. The molecule has 0 aliphatic heterocycles. The Kier molecular flexibility index (Phi) is 7.18. The highest BCUT2D eigenvalue weighted by atomic mass is 32.1. The Bertz CT molecular complexity index is 1070. The maximum atomic E-state index is 12.4. The van der Waals surface area contributed by atoms with E-state index in [9.17, 15) is 9.59 Å². The van der Waals surface area contributed by atoms with Gasteiger partial charge in [-0.05, 0) is 54.2 Å². The standard InChI is InChI=1S/C22H21N3O4S/c1-2-28-19-10-6-5-9-18(19)21(27)23-22(30)25-24-20(26)14-29-17-12-11-15-7-3-4-8-16(15)13-17/h3-13H,2,14H2,1H3,(H,24,26)(H2,23,25,27,30). The van der Waals surface area contributed by atoms with E-state index in [-0.39, 0.29) is 11.7 Å². The summed E-state index contributed by atoms with van der Waals surface area (Å²) in [6.07, 6.45) is 0. The first kappa shape index (κ1) is 21.1. The van der Waals surface area contributed by atoms with Crippen LogP contribution in [0, 0.1) is 0 Å². The Morgan fingerprint density at radius 1 is 0.900 bits per heavy atom. The number of benzene rings is 3. The van der Waals surface area contributed by atoms with Crippen LogP contribution in [-0.4, -0.2) is 30.1 Å². The molecule has 2 amide bonds. The van der Waals surface area contributed by atoms with Gasteiger partial charge in [0.15, 0.2) is 11.7 Å². The average Bonchev–Trinajstić information content (AvgIpc) is 2.76. The van der Waals surface area contributed by atoms with Gasteiger partial charge in [-0.1, -0.05) is 42.5 Å². The van der Waals surface area contributed by atoms with Gasteiger partial charge in [0.1, 0.15) is 11.5 Å². The molecule has 0 aliphatic rings. The summed E-state index contributed by atoms with van der Waals surface area (Å²) in [6.45, 7) is 2.05. The van der Waals surface area contributed by atoms with Gasteiger partial charge < -0.3 is 9.47 Å². The van der Waals surface area contributed by atoms with Crippen molar-refractivity contribution < 1.29 is 19.1 Å². The molecule has 0 bridgehead atoms. The third-order valence-corrected chi connectivity index (χ3v) is 4.27. The Morgan fingerprint density at radius 3 is 2.43 bits per heavy atom. The summed E-state index contributed by atoms with van der Waals surface area (Å²) >= 11 is 5.05. The van der Waals surface area contributed by atoms with Crippen LogP contribution >= 0.6 is 12.2 Å². The Balaban J connectivity index is 1.46. The number of carbonyl (C=O) groups excluding carboxylic acids is 2. The summed E-state index contributed by atoms with van der Waals surface area (Å²) in [6, 6.07) is 20.2. The zero-order valence-electron chi connectivity index (χ0n) is 16.3. The Hall–Kier alpha value is -3.65. The summed E-state index contributed by atoms with van der Waals surface area (Å²) in [5, 5.41) is 4.54. The lowest BCUT2D eigenvalue weighted by molar-refractivity contribution is -0.123. The predicted molar refractivity (Wildman–Crippen MR) is 118 cm³/mol. The highest BCUT2D eigenvalue weighted by molar-refractivity contribution is 7.80. The lowest BCUT2D eigenvalue weighted by atomic mass is 10.1. The van der Waals surface area contributed by atoms with Gasteiger partial charge in [0.05, 0.1) is 12.2 Å². The first-order valence-electron chi connectivity index (χ1n) is 9.30. The minimum absolute atomic E-state index is 0.0506. The monoisotopic (exact) mass is 423 g/mol. The van der Waals surface area contributed by atoms with Gasteiger partial charge in [-0.15, -0.1) is 0 Å². The normalized spacial score (nSPS) is 10.2. The zero-order valence-corrected chi connectivity index (χ0v) is 17.1. The van der Waals surface area contributed by atoms with Gasteiger partial charge in [-0.2, -0.15) is 0 Å². The molecule has 0 aromatic heterocycles. The number of amides is 2. The van der Waals surface area contributed by atoms with Crippen LogP contribution in [0.1, 0.15) is 17.3 Å². The van der Waals surface area contributed by atoms with Crippen molar-refractivity contribution in [3.05, 3.63) is 72.3 Å². The number of rotatable bonds is 6. The molecule has 0 radical (unpaired) electrons. The summed E-state index contributed by atoms with van der Waals surface area (Å²) in [5.41, 5.74) is 5.21. The Morgan fingerprint density at radius 2 is 1.63 bits per heavy atom. The number of hydrogen-bond donors (Lipinski definition) is 3. The van der Waals surface area contributed by atoms with Gasteiger partial charge in [0.2, 0.25) is 0 Å². The minimum Gasteiger partial charge on any atom is -0.493 e. The minimum atomic E-state index is -0.450. The molecular formula is C22H21N3O4S. The van der Waals surface area contributed by atoms with Crippen molar-refractivity contribution in [3.8, 4) is 11.5 Å². The van der Waals surface area contributed by atoms with Crippen molar-refractivity contribution in [2.75, 3.05) is 13.2 Å². The van der Waals surface area contributed by atoms with E-state index in [0.717, 1.165) is 10.8 Å². The van der Waals surface area contributed by atoms with E-state index in [1.165, 1.54) is 0 Å². The molecule has 8 heteroatoms. The van der Waals surface area contributed by atoms with E-state index < -0.39 is 11.8 Å². The topological polar surface area (TPSA) is 88.7 Å². The number of ether oxygens (including phenoxy) is 2. The highest BCUT2D eigenvalue weighted by Crippen LogP contribution is 2.20. The number of carbonyl (C=O) groups is 2. The van der Waals surface area contributed by atoms with E-state index in [2.05, 4.69) is 16.2 Å². The van der Waals surface area contributed by atoms with Crippen molar-refractivity contribution in [1.29, 1.82) is 0 Å². The number of hydrogen-bond acceptors (Lipinski definition) is 5. The maximum absolute atomic E-state index is 12.4. The molecule has 30 heavy (non-hydrogen) atoms. The van der Waals surface area contributed by atoms with Crippen molar-refractivity contribution in [2.24, 2.45) is 0 Å². The van der Waals surface area contributed by atoms with Gasteiger partial charge in [0.25, 0.3) is 11.8 Å². The lowest BCUT2D eigenvalue weighted by Gasteiger charge is -2.13. The van der Waals surface area contributed by atoms with Crippen LogP contribution in [-0.2, 0) is 4.79 Å². The summed E-state index contributed by atoms with van der Waals surface area (Å²) in [5.74, 6) is 0.132. The molecular weight excluding hydrogens is 402 g/mol. The van der Waals surface area contributed by atoms with E-state index in [4.69, 9.17) is 21.7 Å². The molecule has 0 aliphatic carbocycles. The molecule has 3 aromatic carbocycles. The van der Waals surface area contributed by atoms with Crippen LogP contribution in [0.25, 0.3) is 10.8 Å². The smallest absolute Gasteiger partial charge is 0.276 e. The number of fused-ring (bicyclic) bond motifs is 1. The van der Waals surface area contributed by atoms with Gasteiger partial charge >= 0.3 is 0 Å². The highest BCUT2D eigenvalue weighted by Gasteiger charge is 2.13. The number of nitrogens with one attached hydrogen (secondary N) is 3. The second-order valence-corrected chi connectivity index (χ2v) is 6.59. The van der Waals surface area contributed by atoms with Gasteiger partial charge in [-0.25, -0.2) is 0 Å². The molecule has 0 spiro atoms. The molecule has 0 fully saturated rings. The molecule has 3 N–H and O–H groups in total. The average molecular weight is 423 g/mol. The van der Waals surface area contributed by atoms with Crippen molar-refractivity contribution in [2.45, 2.75) is 6.92 Å². The van der Waals surface area contributed by atoms with E-state index >= 15 is 0 Å². The number of para-hydroxylation sites is 1. The summed E-state index contributed by atoms with van der Waals surface area (Å²) in [7, 11) is 0. The van der Waals surface area contributed by atoms with E-state index in [1.54, 1.807) is 30.3 Å². The van der Waals surface area contributed by atoms with Gasteiger partial charge in [0, 0.05) is 0 Å². The largest absolute Gasteiger partial charge is 0.493 e. The molecule has 0 saturated carbocycles. The first-order chi connectivity index (χ1) is 14.6. The van der Waals surface area contributed by atoms with Crippen molar-refractivity contribution in [3.63, 3.8) is 0 Å². The lowest BCUT2D eigenvalue weighted by Crippen LogP contribution is -2.49. The molecule has 3 aromatic rings. The van der Waals surface area contributed by atoms with Crippen molar-refractivity contribution in [1.82, 2.24) is 16.2 Å². The van der Waals surface area contributed by atoms with E-state index in [0.29, 0.717) is 23.7 Å².